The van der Waals surface area contributed by atoms with Gasteiger partial charge in [-0.3, -0.25) is 0 Å². The Morgan fingerprint density at radius 2 is 2.31 bits per heavy atom. The van der Waals surface area contributed by atoms with Crippen molar-refractivity contribution < 1.29 is 4.42 Å². The molecular formula is C12H15BrN2O. The molecule has 0 saturated carbocycles. The number of likely N-dealkylation sites (N-methyl/N-ethyl adjacent to an activating group) is 1. The van der Waals surface area contributed by atoms with E-state index >= 15 is 0 Å². The standard InChI is InChI=1S/C12H15BrN2O/c1-3-14-8(2)7-11-15-10-6-4-5-9(13)12(10)16-11/h4-6,8,14H,3,7H2,1-2H3. The van der Waals surface area contributed by atoms with Crippen LogP contribution >= 0.6 is 15.9 Å². The number of para-hydroxylation sites is 1. The van der Waals surface area contributed by atoms with Gasteiger partial charge in [0.15, 0.2) is 11.5 Å². The summed E-state index contributed by atoms with van der Waals surface area (Å²) >= 11 is 3.46. The zero-order valence-corrected chi connectivity index (χ0v) is 11.0. The van der Waals surface area contributed by atoms with Crippen LogP contribution in [-0.4, -0.2) is 17.6 Å². The first kappa shape index (κ1) is 11.6. The molecule has 86 valence electrons. The van der Waals surface area contributed by atoms with Gasteiger partial charge in [-0.15, -0.1) is 0 Å². The van der Waals surface area contributed by atoms with Crippen LogP contribution in [0.5, 0.6) is 0 Å². The maximum Gasteiger partial charge on any atom is 0.197 e. The van der Waals surface area contributed by atoms with Gasteiger partial charge in [-0.1, -0.05) is 13.0 Å². The number of aromatic nitrogens is 1. The largest absolute Gasteiger partial charge is 0.439 e. The lowest BCUT2D eigenvalue weighted by Crippen LogP contribution is -2.27. The molecule has 2 aromatic rings. The highest BCUT2D eigenvalue weighted by atomic mass is 79.9. The average Bonchev–Trinajstić information content (AvgIpc) is 2.62. The van der Waals surface area contributed by atoms with Crippen molar-refractivity contribution in [3.63, 3.8) is 0 Å². The molecule has 1 unspecified atom stereocenters. The van der Waals surface area contributed by atoms with Crippen molar-refractivity contribution in [3.8, 4) is 0 Å². The summed E-state index contributed by atoms with van der Waals surface area (Å²) < 4.78 is 6.68. The fraction of sp³-hybridized carbons (Fsp3) is 0.417. The Kier molecular flexibility index (Phi) is 3.61. The molecule has 0 aliphatic rings. The Labute approximate surface area is 103 Å². The molecule has 0 spiro atoms. The summed E-state index contributed by atoms with van der Waals surface area (Å²) in [4.78, 5) is 4.46. The normalized spacial score (nSPS) is 13.2. The van der Waals surface area contributed by atoms with Gasteiger partial charge in [0.2, 0.25) is 0 Å². The second-order valence-electron chi connectivity index (χ2n) is 3.86. The third-order valence-corrected chi connectivity index (χ3v) is 3.07. The van der Waals surface area contributed by atoms with Gasteiger partial charge < -0.3 is 9.73 Å². The summed E-state index contributed by atoms with van der Waals surface area (Å²) in [5.74, 6) is 0.787. The second-order valence-corrected chi connectivity index (χ2v) is 4.71. The highest BCUT2D eigenvalue weighted by Crippen LogP contribution is 2.24. The van der Waals surface area contributed by atoms with E-state index in [0.29, 0.717) is 6.04 Å². The van der Waals surface area contributed by atoms with Gasteiger partial charge >= 0.3 is 0 Å². The minimum atomic E-state index is 0.386. The van der Waals surface area contributed by atoms with Gasteiger partial charge in [0, 0.05) is 12.5 Å². The molecule has 3 nitrogen and oxygen atoms in total. The van der Waals surface area contributed by atoms with Gasteiger partial charge in [-0.05, 0) is 41.5 Å². The molecule has 0 saturated heterocycles. The summed E-state index contributed by atoms with van der Waals surface area (Å²) in [6.07, 6.45) is 0.814. The van der Waals surface area contributed by atoms with Gasteiger partial charge in [0.05, 0.1) is 4.47 Å². The highest BCUT2D eigenvalue weighted by Gasteiger charge is 2.10. The van der Waals surface area contributed by atoms with Crippen LogP contribution in [0.4, 0.5) is 0 Å². The smallest absolute Gasteiger partial charge is 0.197 e. The van der Waals surface area contributed by atoms with E-state index in [1.807, 2.05) is 18.2 Å². The predicted molar refractivity (Wildman–Crippen MR) is 68.6 cm³/mol. The monoisotopic (exact) mass is 282 g/mol. The maximum atomic E-state index is 5.72. The maximum absolute atomic E-state index is 5.72. The molecule has 0 aliphatic heterocycles. The van der Waals surface area contributed by atoms with E-state index in [1.165, 1.54) is 0 Å². The van der Waals surface area contributed by atoms with E-state index in [9.17, 15) is 0 Å². The molecule has 1 atom stereocenters. The number of hydrogen-bond donors (Lipinski definition) is 1. The number of nitrogens with zero attached hydrogens (tertiary/aromatic N) is 1. The first-order chi connectivity index (χ1) is 7.70. The summed E-state index contributed by atoms with van der Waals surface area (Å²) in [6, 6.07) is 6.28. The zero-order valence-electron chi connectivity index (χ0n) is 9.46. The van der Waals surface area contributed by atoms with E-state index in [-0.39, 0.29) is 0 Å². The summed E-state index contributed by atoms with van der Waals surface area (Å²) in [7, 11) is 0. The first-order valence-electron chi connectivity index (χ1n) is 5.48. The Morgan fingerprint density at radius 1 is 1.50 bits per heavy atom. The third kappa shape index (κ3) is 2.44. The Bertz CT molecular complexity index is 481. The number of fused-ring (bicyclic) bond motifs is 1. The predicted octanol–water partition coefficient (Wildman–Crippen LogP) is 3.13. The first-order valence-corrected chi connectivity index (χ1v) is 6.27. The van der Waals surface area contributed by atoms with Gasteiger partial charge in [-0.25, -0.2) is 4.98 Å². The topological polar surface area (TPSA) is 38.1 Å². The molecule has 1 aromatic heterocycles. The summed E-state index contributed by atoms with van der Waals surface area (Å²) in [6.45, 7) is 5.19. The van der Waals surface area contributed by atoms with Crippen LogP contribution < -0.4 is 5.32 Å². The van der Waals surface area contributed by atoms with Crippen LogP contribution in [0.25, 0.3) is 11.1 Å². The summed E-state index contributed by atoms with van der Waals surface area (Å²) in [5, 5.41) is 3.34. The van der Waals surface area contributed by atoms with Crippen LogP contribution in [0.2, 0.25) is 0 Å². The number of hydrogen-bond acceptors (Lipinski definition) is 3. The molecule has 2 rings (SSSR count). The Hall–Kier alpha value is -0.870. The Balaban J connectivity index is 2.23. The van der Waals surface area contributed by atoms with Crippen molar-refractivity contribution in [3.05, 3.63) is 28.6 Å². The third-order valence-electron chi connectivity index (χ3n) is 2.44. The quantitative estimate of drug-likeness (QED) is 0.936. The van der Waals surface area contributed by atoms with Crippen LogP contribution in [0.15, 0.2) is 27.1 Å². The van der Waals surface area contributed by atoms with E-state index in [4.69, 9.17) is 4.42 Å². The fourth-order valence-electron chi connectivity index (χ4n) is 1.73. The van der Waals surface area contributed by atoms with Crippen molar-refractivity contribution in [2.24, 2.45) is 0 Å². The molecule has 0 fully saturated rings. The SMILES string of the molecule is CCNC(C)Cc1nc2cccc(Br)c2o1. The van der Waals surface area contributed by atoms with Gasteiger partial charge in [0.1, 0.15) is 5.52 Å². The van der Waals surface area contributed by atoms with E-state index in [1.54, 1.807) is 0 Å². The molecule has 1 N–H and O–H groups in total. The van der Waals surface area contributed by atoms with Crippen molar-refractivity contribution in [1.82, 2.24) is 10.3 Å². The summed E-state index contributed by atoms with van der Waals surface area (Å²) in [5.41, 5.74) is 1.74. The molecular weight excluding hydrogens is 268 g/mol. The van der Waals surface area contributed by atoms with Crippen LogP contribution in [0.3, 0.4) is 0 Å². The van der Waals surface area contributed by atoms with Crippen LogP contribution in [-0.2, 0) is 6.42 Å². The zero-order chi connectivity index (χ0) is 11.5. The lowest BCUT2D eigenvalue weighted by atomic mass is 10.2. The minimum absolute atomic E-state index is 0.386. The number of benzene rings is 1. The van der Waals surface area contributed by atoms with Gasteiger partial charge in [-0.2, -0.15) is 0 Å². The molecule has 4 heteroatoms. The van der Waals surface area contributed by atoms with E-state index in [2.05, 4.69) is 40.1 Å². The second kappa shape index (κ2) is 4.97. The van der Waals surface area contributed by atoms with Crippen molar-refractivity contribution in [1.29, 1.82) is 0 Å². The van der Waals surface area contributed by atoms with Crippen LogP contribution in [0, 0.1) is 0 Å². The lowest BCUT2D eigenvalue weighted by molar-refractivity contribution is 0.469. The number of halogens is 1. The highest BCUT2D eigenvalue weighted by molar-refractivity contribution is 9.10. The van der Waals surface area contributed by atoms with Crippen molar-refractivity contribution in [2.75, 3.05) is 6.54 Å². The molecule has 0 amide bonds. The van der Waals surface area contributed by atoms with E-state index in [0.717, 1.165) is 34.4 Å². The molecule has 16 heavy (non-hydrogen) atoms. The average molecular weight is 283 g/mol. The lowest BCUT2D eigenvalue weighted by Gasteiger charge is -2.08. The van der Waals surface area contributed by atoms with E-state index < -0.39 is 0 Å². The molecule has 0 bridgehead atoms. The Morgan fingerprint density at radius 3 is 3.00 bits per heavy atom. The minimum Gasteiger partial charge on any atom is -0.439 e. The molecule has 1 heterocycles. The number of rotatable bonds is 4. The fourth-order valence-corrected chi connectivity index (χ4v) is 2.17. The number of nitrogens with one attached hydrogen (secondary N) is 1. The van der Waals surface area contributed by atoms with Crippen molar-refractivity contribution >= 4 is 27.0 Å². The van der Waals surface area contributed by atoms with Gasteiger partial charge in [0.25, 0.3) is 0 Å². The molecule has 1 aromatic carbocycles. The van der Waals surface area contributed by atoms with Crippen LogP contribution in [0.1, 0.15) is 19.7 Å². The number of oxazole rings is 1. The molecule has 0 radical (unpaired) electrons. The molecule has 0 aliphatic carbocycles. The van der Waals surface area contributed by atoms with Crippen molar-refractivity contribution in [2.45, 2.75) is 26.3 Å².